The molecule has 3 heteroatoms. The molecular weight excluding hydrogens is 212 g/mol. The fourth-order valence-corrected chi connectivity index (χ4v) is 1.89. The van der Waals surface area contributed by atoms with Crippen molar-refractivity contribution in [3.63, 3.8) is 0 Å². The molecule has 2 N–H and O–H groups in total. The zero-order chi connectivity index (χ0) is 12.4. The van der Waals surface area contributed by atoms with Crippen molar-refractivity contribution in [2.24, 2.45) is 5.92 Å². The number of rotatable bonds is 3. The quantitative estimate of drug-likeness (QED) is 0.837. The van der Waals surface area contributed by atoms with Crippen LogP contribution in [-0.4, -0.2) is 11.9 Å². The van der Waals surface area contributed by atoms with Crippen molar-refractivity contribution >= 4 is 5.91 Å². The Morgan fingerprint density at radius 2 is 1.94 bits per heavy atom. The first-order chi connectivity index (χ1) is 8.08. The smallest absolute Gasteiger partial charge is 0.251 e. The molecule has 0 spiro atoms. The Bertz CT molecular complexity index is 426. The summed E-state index contributed by atoms with van der Waals surface area (Å²) in [5.74, 6) is 0.482. The second-order valence-corrected chi connectivity index (χ2v) is 5.09. The standard InChI is InChI=1S/C14H20N2O/c1-9(2)10(3)16-14(17)11-4-5-12-7-15-8-13(12)6-11/h4-6,9-10,15H,7-8H2,1-3H3,(H,16,17). The molecule has 0 aliphatic carbocycles. The third-order valence-corrected chi connectivity index (χ3v) is 3.46. The van der Waals surface area contributed by atoms with Gasteiger partial charge >= 0.3 is 0 Å². The summed E-state index contributed by atoms with van der Waals surface area (Å²) in [4.78, 5) is 12.0. The predicted molar refractivity (Wildman–Crippen MR) is 68.8 cm³/mol. The second kappa shape index (κ2) is 4.88. The first-order valence-corrected chi connectivity index (χ1v) is 6.21. The van der Waals surface area contributed by atoms with Gasteiger partial charge in [0.2, 0.25) is 0 Å². The van der Waals surface area contributed by atoms with E-state index in [1.54, 1.807) is 0 Å². The molecule has 0 aromatic heterocycles. The molecule has 1 aromatic rings. The summed E-state index contributed by atoms with van der Waals surface area (Å²) in [6.45, 7) is 8.04. The van der Waals surface area contributed by atoms with E-state index in [0.717, 1.165) is 18.7 Å². The summed E-state index contributed by atoms with van der Waals surface area (Å²) in [5.41, 5.74) is 3.31. The highest BCUT2D eigenvalue weighted by molar-refractivity contribution is 5.94. The van der Waals surface area contributed by atoms with E-state index in [1.165, 1.54) is 11.1 Å². The molecule has 2 rings (SSSR count). The van der Waals surface area contributed by atoms with E-state index in [2.05, 4.69) is 24.5 Å². The van der Waals surface area contributed by atoms with Crippen LogP contribution in [0.2, 0.25) is 0 Å². The summed E-state index contributed by atoms with van der Waals surface area (Å²) in [6.07, 6.45) is 0. The van der Waals surface area contributed by atoms with Gasteiger partial charge in [-0.05, 0) is 36.1 Å². The minimum atomic E-state index is 0.0286. The molecule has 1 unspecified atom stereocenters. The van der Waals surface area contributed by atoms with E-state index in [9.17, 15) is 4.79 Å². The van der Waals surface area contributed by atoms with Crippen molar-refractivity contribution < 1.29 is 4.79 Å². The van der Waals surface area contributed by atoms with E-state index in [4.69, 9.17) is 0 Å². The first kappa shape index (κ1) is 12.1. The number of hydrogen-bond acceptors (Lipinski definition) is 2. The molecule has 0 bridgehead atoms. The number of amides is 1. The van der Waals surface area contributed by atoms with Gasteiger partial charge in [0.1, 0.15) is 0 Å². The van der Waals surface area contributed by atoms with Gasteiger partial charge in [-0.2, -0.15) is 0 Å². The molecule has 0 saturated carbocycles. The summed E-state index contributed by atoms with van der Waals surface area (Å²) < 4.78 is 0. The SMILES string of the molecule is CC(C)C(C)NC(=O)c1ccc2c(c1)CNC2. The lowest BCUT2D eigenvalue weighted by Crippen LogP contribution is -2.36. The molecule has 0 saturated heterocycles. The third kappa shape index (κ3) is 2.67. The van der Waals surface area contributed by atoms with Crippen LogP contribution in [0.25, 0.3) is 0 Å². The van der Waals surface area contributed by atoms with Crippen molar-refractivity contribution in [1.82, 2.24) is 10.6 Å². The van der Waals surface area contributed by atoms with E-state index < -0.39 is 0 Å². The van der Waals surface area contributed by atoms with Crippen molar-refractivity contribution in [2.75, 3.05) is 0 Å². The van der Waals surface area contributed by atoms with Crippen LogP contribution in [-0.2, 0) is 13.1 Å². The fraction of sp³-hybridized carbons (Fsp3) is 0.500. The van der Waals surface area contributed by atoms with Crippen LogP contribution in [0, 0.1) is 5.92 Å². The molecular formula is C14H20N2O. The first-order valence-electron chi connectivity index (χ1n) is 6.21. The lowest BCUT2D eigenvalue weighted by molar-refractivity contribution is 0.0930. The van der Waals surface area contributed by atoms with E-state index >= 15 is 0 Å². The van der Waals surface area contributed by atoms with Gasteiger partial charge in [0.25, 0.3) is 5.91 Å². The van der Waals surface area contributed by atoms with Crippen LogP contribution < -0.4 is 10.6 Å². The highest BCUT2D eigenvalue weighted by atomic mass is 16.1. The van der Waals surface area contributed by atoms with E-state index in [1.807, 2.05) is 25.1 Å². The molecule has 1 aliphatic heterocycles. The molecule has 17 heavy (non-hydrogen) atoms. The maximum Gasteiger partial charge on any atom is 0.251 e. The Balaban J connectivity index is 2.10. The van der Waals surface area contributed by atoms with Crippen molar-refractivity contribution in [3.05, 3.63) is 34.9 Å². The molecule has 0 fully saturated rings. The Morgan fingerprint density at radius 3 is 2.65 bits per heavy atom. The molecule has 1 aromatic carbocycles. The number of benzene rings is 1. The zero-order valence-electron chi connectivity index (χ0n) is 10.7. The van der Waals surface area contributed by atoms with Gasteiger partial charge in [-0.3, -0.25) is 4.79 Å². The molecule has 1 heterocycles. The summed E-state index contributed by atoms with van der Waals surface area (Å²) in [6, 6.07) is 6.16. The van der Waals surface area contributed by atoms with Crippen LogP contribution in [0.3, 0.4) is 0 Å². The lowest BCUT2D eigenvalue weighted by Gasteiger charge is -2.17. The molecule has 0 radical (unpaired) electrons. The topological polar surface area (TPSA) is 41.1 Å². The van der Waals surface area contributed by atoms with Crippen LogP contribution in [0.5, 0.6) is 0 Å². The number of nitrogens with one attached hydrogen (secondary N) is 2. The number of carbonyl (C=O) groups excluding carboxylic acids is 1. The average molecular weight is 232 g/mol. The highest BCUT2D eigenvalue weighted by Crippen LogP contribution is 2.17. The Labute approximate surface area is 103 Å². The van der Waals surface area contributed by atoms with Crippen LogP contribution in [0.15, 0.2) is 18.2 Å². The molecule has 3 nitrogen and oxygen atoms in total. The molecule has 1 aliphatic rings. The fourth-order valence-electron chi connectivity index (χ4n) is 1.89. The van der Waals surface area contributed by atoms with E-state index in [-0.39, 0.29) is 11.9 Å². The Morgan fingerprint density at radius 1 is 1.24 bits per heavy atom. The van der Waals surface area contributed by atoms with Gasteiger partial charge in [-0.1, -0.05) is 19.9 Å². The van der Waals surface area contributed by atoms with Gasteiger partial charge < -0.3 is 10.6 Å². The second-order valence-electron chi connectivity index (χ2n) is 5.09. The van der Waals surface area contributed by atoms with Crippen LogP contribution >= 0.6 is 0 Å². The summed E-state index contributed by atoms with van der Waals surface area (Å²) >= 11 is 0. The summed E-state index contributed by atoms with van der Waals surface area (Å²) in [5, 5.41) is 6.31. The summed E-state index contributed by atoms with van der Waals surface area (Å²) in [7, 11) is 0. The Hall–Kier alpha value is -1.35. The largest absolute Gasteiger partial charge is 0.349 e. The van der Waals surface area contributed by atoms with Crippen molar-refractivity contribution in [3.8, 4) is 0 Å². The van der Waals surface area contributed by atoms with Gasteiger partial charge in [0.15, 0.2) is 0 Å². The predicted octanol–water partition coefficient (Wildman–Crippen LogP) is 2.06. The minimum absolute atomic E-state index is 0.0286. The van der Waals surface area contributed by atoms with Crippen LogP contribution in [0.4, 0.5) is 0 Å². The van der Waals surface area contributed by atoms with Crippen molar-refractivity contribution in [2.45, 2.75) is 39.9 Å². The molecule has 1 atom stereocenters. The number of hydrogen-bond donors (Lipinski definition) is 2. The monoisotopic (exact) mass is 232 g/mol. The Kier molecular flexibility index (Phi) is 3.48. The number of carbonyl (C=O) groups is 1. The average Bonchev–Trinajstić information content (AvgIpc) is 2.75. The molecule has 1 amide bonds. The maximum atomic E-state index is 12.0. The minimum Gasteiger partial charge on any atom is -0.349 e. The maximum absolute atomic E-state index is 12.0. The van der Waals surface area contributed by atoms with Crippen molar-refractivity contribution in [1.29, 1.82) is 0 Å². The zero-order valence-corrected chi connectivity index (χ0v) is 10.7. The van der Waals surface area contributed by atoms with Crippen LogP contribution in [0.1, 0.15) is 42.3 Å². The van der Waals surface area contributed by atoms with Gasteiger partial charge in [-0.15, -0.1) is 0 Å². The third-order valence-electron chi connectivity index (χ3n) is 3.46. The highest BCUT2D eigenvalue weighted by Gasteiger charge is 2.15. The van der Waals surface area contributed by atoms with Gasteiger partial charge in [0, 0.05) is 24.7 Å². The van der Waals surface area contributed by atoms with Gasteiger partial charge in [0.05, 0.1) is 0 Å². The molecule has 92 valence electrons. The normalized spacial score (nSPS) is 15.8. The lowest BCUT2D eigenvalue weighted by atomic mass is 10.0. The van der Waals surface area contributed by atoms with E-state index in [0.29, 0.717) is 5.92 Å². The van der Waals surface area contributed by atoms with Gasteiger partial charge in [-0.25, -0.2) is 0 Å². The number of fused-ring (bicyclic) bond motifs is 1.